The molecular weight excluding hydrogens is 370 g/mol. The standard InChI is InChI=1S/C19H18ClN3O4/c1-4-27-18(25)13-9-11(2)21-16-15(13)17(24)23(19(26)22(16)3)10-12-7-5-6-8-14(12)20/h5-9H,4,10H2,1-3H3. The van der Waals surface area contributed by atoms with Gasteiger partial charge in [-0.3, -0.25) is 13.9 Å². The Bertz CT molecular complexity index is 1160. The monoisotopic (exact) mass is 387 g/mol. The molecule has 3 rings (SSSR count). The van der Waals surface area contributed by atoms with E-state index in [0.717, 1.165) is 4.57 Å². The quantitative estimate of drug-likeness (QED) is 0.641. The van der Waals surface area contributed by atoms with Crippen LogP contribution in [0, 0.1) is 6.92 Å². The molecule has 7 nitrogen and oxygen atoms in total. The Morgan fingerprint density at radius 2 is 1.96 bits per heavy atom. The second-order valence-electron chi connectivity index (χ2n) is 6.05. The predicted molar refractivity (Wildman–Crippen MR) is 102 cm³/mol. The number of rotatable bonds is 4. The van der Waals surface area contributed by atoms with E-state index in [1.165, 1.54) is 17.7 Å². The van der Waals surface area contributed by atoms with Crippen LogP contribution < -0.4 is 11.2 Å². The third-order valence-corrected chi connectivity index (χ3v) is 4.57. The summed E-state index contributed by atoms with van der Waals surface area (Å²) in [5.41, 5.74) is 0.208. The average molecular weight is 388 g/mol. The van der Waals surface area contributed by atoms with E-state index in [1.807, 2.05) is 0 Å². The lowest BCUT2D eigenvalue weighted by Gasteiger charge is -2.13. The first-order valence-corrected chi connectivity index (χ1v) is 8.74. The van der Waals surface area contributed by atoms with Crippen LogP contribution in [-0.4, -0.2) is 26.7 Å². The topological polar surface area (TPSA) is 83.2 Å². The molecule has 0 aliphatic heterocycles. The van der Waals surface area contributed by atoms with E-state index in [0.29, 0.717) is 16.3 Å². The maximum absolute atomic E-state index is 13.1. The number of aryl methyl sites for hydroxylation is 2. The molecule has 3 aromatic rings. The number of fused-ring (bicyclic) bond motifs is 1. The second-order valence-corrected chi connectivity index (χ2v) is 6.46. The van der Waals surface area contributed by atoms with Crippen LogP contribution in [0.2, 0.25) is 5.02 Å². The molecule has 8 heteroatoms. The fourth-order valence-electron chi connectivity index (χ4n) is 2.91. The van der Waals surface area contributed by atoms with Gasteiger partial charge in [-0.2, -0.15) is 0 Å². The van der Waals surface area contributed by atoms with Crippen molar-refractivity contribution in [3.8, 4) is 0 Å². The smallest absolute Gasteiger partial charge is 0.339 e. The number of ether oxygens (including phenoxy) is 1. The zero-order valence-corrected chi connectivity index (χ0v) is 15.9. The van der Waals surface area contributed by atoms with E-state index in [-0.39, 0.29) is 29.7 Å². The molecule has 0 aliphatic carbocycles. The van der Waals surface area contributed by atoms with E-state index in [4.69, 9.17) is 16.3 Å². The zero-order valence-electron chi connectivity index (χ0n) is 15.2. The molecule has 0 spiro atoms. The lowest BCUT2D eigenvalue weighted by Crippen LogP contribution is -2.40. The molecule has 0 aliphatic rings. The van der Waals surface area contributed by atoms with Gasteiger partial charge in [-0.15, -0.1) is 0 Å². The summed E-state index contributed by atoms with van der Waals surface area (Å²) in [6, 6.07) is 8.44. The number of nitrogens with zero attached hydrogens (tertiary/aromatic N) is 3. The summed E-state index contributed by atoms with van der Waals surface area (Å²) in [4.78, 5) is 42.5. The van der Waals surface area contributed by atoms with Gasteiger partial charge in [0, 0.05) is 17.8 Å². The summed E-state index contributed by atoms with van der Waals surface area (Å²) < 4.78 is 7.37. The highest BCUT2D eigenvalue weighted by Crippen LogP contribution is 2.17. The van der Waals surface area contributed by atoms with Gasteiger partial charge in [0.2, 0.25) is 0 Å². The van der Waals surface area contributed by atoms with Gasteiger partial charge in [-0.1, -0.05) is 29.8 Å². The zero-order chi connectivity index (χ0) is 19.7. The number of hydrogen-bond donors (Lipinski definition) is 0. The molecule has 0 bridgehead atoms. The van der Waals surface area contributed by atoms with Crippen molar-refractivity contribution in [3.05, 3.63) is 73.0 Å². The maximum Gasteiger partial charge on any atom is 0.339 e. The SMILES string of the molecule is CCOC(=O)c1cc(C)nc2c1c(=O)n(Cc1ccccc1Cl)c(=O)n2C. The summed E-state index contributed by atoms with van der Waals surface area (Å²) in [6.07, 6.45) is 0. The van der Waals surface area contributed by atoms with Crippen LogP contribution in [-0.2, 0) is 18.3 Å². The minimum absolute atomic E-state index is 0.0166. The number of halogens is 1. The molecule has 0 unspecified atom stereocenters. The third kappa shape index (κ3) is 3.38. The van der Waals surface area contributed by atoms with Crippen molar-refractivity contribution in [3.63, 3.8) is 0 Å². The van der Waals surface area contributed by atoms with Crippen molar-refractivity contribution in [2.45, 2.75) is 20.4 Å². The van der Waals surface area contributed by atoms with E-state index in [2.05, 4.69) is 4.98 Å². The Labute approximate surface area is 159 Å². The van der Waals surface area contributed by atoms with Gasteiger partial charge >= 0.3 is 11.7 Å². The Hall–Kier alpha value is -2.93. The van der Waals surface area contributed by atoms with Crippen molar-refractivity contribution in [1.82, 2.24) is 14.1 Å². The van der Waals surface area contributed by atoms with Crippen LogP contribution in [0.5, 0.6) is 0 Å². The molecule has 0 fully saturated rings. The summed E-state index contributed by atoms with van der Waals surface area (Å²) in [5.74, 6) is -0.631. The van der Waals surface area contributed by atoms with Crippen LogP contribution in [0.4, 0.5) is 0 Å². The Morgan fingerprint density at radius 1 is 1.26 bits per heavy atom. The van der Waals surface area contributed by atoms with Crippen LogP contribution in [0.1, 0.15) is 28.5 Å². The molecule has 0 N–H and O–H groups in total. The van der Waals surface area contributed by atoms with Gasteiger partial charge in [0.05, 0.1) is 24.1 Å². The summed E-state index contributed by atoms with van der Waals surface area (Å²) in [7, 11) is 1.51. The second kappa shape index (κ2) is 7.36. The van der Waals surface area contributed by atoms with Gasteiger partial charge in [0.15, 0.2) is 0 Å². The number of benzene rings is 1. The Kier molecular flexibility index (Phi) is 5.14. The molecular formula is C19H18ClN3O4. The molecule has 27 heavy (non-hydrogen) atoms. The van der Waals surface area contributed by atoms with Crippen LogP contribution in [0.25, 0.3) is 11.0 Å². The molecule has 140 valence electrons. The van der Waals surface area contributed by atoms with Crippen molar-refractivity contribution in [1.29, 1.82) is 0 Å². The summed E-state index contributed by atoms with van der Waals surface area (Å²) in [6.45, 7) is 3.51. The molecule has 1 aromatic carbocycles. The van der Waals surface area contributed by atoms with E-state index >= 15 is 0 Å². The summed E-state index contributed by atoms with van der Waals surface area (Å²) in [5, 5.41) is 0.493. The van der Waals surface area contributed by atoms with Crippen LogP contribution >= 0.6 is 11.6 Å². The Morgan fingerprint density at radius 3 is 2.63 bits per heavy atom. The minimum Gasteiger partial charge on any atom is -0.462 e. The highest BCUT2D eigenvalue weighted by atomic mass is 35.5. The van der Waals surface area contributed by atoms with Crippen molar-refractivity contribution in [2.24, 2.45) is 7.05 Å². The predicted octanol–water partition coefficient (Wildman–Crippen LogP) is 2.28. The highest BCUT2D eigenvalue weighted by Gasteiger charge is 2.21. The third-order valence-electron chi connectivity index (χ3n) is 4.20. The summed E-state index contributed by atoms with van der Waals surface area (Å²) >= 11 is 6.17. The van der Waals surface area contributed by atoms with Gasteiger partial charge in [-0.05, 0) is 31.5 Å². The van der Waals surface area contributed by atoms with Crippen LogP contribution in [0.15, 0.2) is 39.9 Å². The lowest BCUT2D eigenvalue weighted by atomic mass is 10.1. The molecule has 2 heterocycles. The fraction of sp³-hybridized carbons (Fsp3) is 0.263. The van der Waals surface area contributed by atoms with E-state index in [9.17, 15) is 14.4 Å². The number of esters is 1. The number of carbonyl (C=O) groups is 1. The van der Waals surface area contributed by atoms with Crippen LogP contribution in [0.3, 0.4) is 0 Å². The normalized spacial score (nSPS) is 11.0. The van der Waals surface area contributed by atoms with Gasteiger partial charge in [0.25, 0.3) is 5.56 Å². The largest absolute Gasteiger partial charge is 0.462 e. The molecule has 0 atom stereocenters. The van der Waals surface area contributed by atoms with Crippen molar-refractivity contribution >= 4 is 28.6 Å². The van der Waals surface area contributed by atoms with E-state index in [1.54, 1.807) is 38.1 Å². The molecule has 2 aromatic heterocycles. The van der Waals surface area contributed by atoms with Gasteiger partial charge in [0.1, 0.15) is 5.65 Å². The molecule has 0 radical (unpaired) electrons. The van der Waals surface area contributed by atoms with Gasteiger partial charge in [-0.25, -0.2) is 14.6 Å². The maximum atomic E-state index is 13.1. The van der Waals surface area contributed by atoms with Gasteiger partial charge < -0.3 is 4.74 Å². The molecule has 0 saturated carbocycles. The first-order valence-electron chi connectivity index (χ1n) is 8.36. The Balaban J connectivity index is 2.34. The average Bonchev–Trinajstić information content (AvgIpc) is 2.64. The fourth-order valence-corrected chi connectivity index (χ4v) is 3.11. The van der Waals surface area contributed by atoms with E-state index < -0.39 is 17.2 Å². The molecule has 0 amide bonds. The minimum atomic E-state index is -0.631. The number of hydrogen-bond acceptors (Lipinski definition) is 5. The molecule has 0 saturated heterocycles. The van der Waals surface area contributed by atoms with Crippen molar-refractivity contribution < 1.29 is 9.53 Å². The first-order chi connectivity index (χ1) is 12.8. The number of aromatic nitrogens is 3. The number of carbonyl (C=O) groups excluding carboxylic acids is 1. The van der Waals surface area contributed by atoms with Crippen molar-refractivity contribution in [2.75, 3.05) is 6.61 Å². The highest BCUT2D eigenvalue weighted by molar-refractivity contribution is 6.31. The number of pyridine rings is 1. The lowest BCUT2D eigenvalue weighted by molar-refractivity contribution is 0.0528. The first kappa shape index (κ1) is 18.8.